The molecule has 0 aromatic carbocycles. The molecule has 29 heavy (non-hydrogen) atoms. The van der Waals surface area contributed by atoms with Gasteiger partial charge in [-0.15, -0.1) is 0 Å². The Bertz CT molecular complexity index is 415. The third kappa shape index (κ3) is 24.0. The van der Waals surface area contributed by atoms with Crippen LogP contribution in [-0.4, -0.2) is 29.9 Å². The van der Waals surface area contributed by atoms with Gasteiger partial charge in [0.25, 0.3) is 0 Å². The summed E-state index contributed by atoms with van der Waals surface area (Å²) in [6.45, 7) is 1.72. The first-order chi connectivity index (χ1) is 13.5. The van der Waals surface area contributed by atoms with Crippen molar-refractivity contribution in [3.8, 4) is 0 Å². The van der Waals surface area contributed by atoms with E-state index in [4.69, 9.17) is 5.11 Å². The van der Waals surface area contributed by atoms with E-state index in [9.17, 15) is 13.0 Å². The number of aliphatic hydroxyl groups excluding tert-OH is 1. The first kappa shape index (κ1) is 32.7. The van der Waals surface area contributed by atoms with Gasteiger partial charge in [-0.3, -0.25) is 0 Å². The molecule has 0 aromatic heterocycles. The van der Waals surface area contributed by atoms with Gasteiger partial charge in [0, 0.05) is 0 Å². The van der Waals surface area contributed by atoms with Gasteiger partial charge in [-0.05, 0) is 6.42 Å². The average molecular weight is 459 g/mol. The minimum absolute atomic E-state index is 0. The van der Waals surface area contributed by atoms with Crippen LogP contribution in [0.3, 0.4) is 0 Å². The van der Waals surface area contributed by atoms with E-state index in [1.807, 2.05) is 0 Å². The maximum atomic E-state index is 10.9. The number of hydrogen-bond acceptors (Lipinski definition) is 4. The smallest absolute Gasteiger partial charge is 0.748 e. The van der Waals surface area contributed by atoms with Crippen molar-refractivity contribution in [2.45, 2.75) is 141 Å². The summed E-state index contributed by atoms with van der Waals surface area (Å²) < 4.78 is 32.6. The fourth-order valence-corrected chi connectivity index (χ4v) is 4.42. The third-order valence-corrected chi connectivity index (χ3v) is 6.94. The van der Waals surface area contributed by atoms with Gasteiger partial charge >= 0.3 is 51.4 Å². The molecule has 6 heteroatoms. The van der Waals surface area contributed by atoms with Crippen LogP contribution in [-0.2, 0) is 10.1 Å². The molecule has 170 valence electrons. The number of hydrogen-bond donors (Lipinski definition) is 1. The molecule has 0 aliphatic rings. The van der Waals surface area contributed by atoms with E-state index in [0.29, 0.717) is 12.8 Å². The van der Waals surface area contributed by atoms with E-state index < -0.39 is 22.0 Å². The van der Waals surface area contributed by atoms with Crippen LogP contribution in [0.2, 0.25) is 0 Å². The van der Waals surface area contributed by atoms with Crippen LogP contribution in [0.15, 0.2) is 0 Å². The van der Waals surface area contributed by atoms with Gasteiger partial charge in [-0.1, -0.05) is 129 Å². The topological polar surface area (TPSA) is 77.4 Å². The van der Waals surface area contributed by atoms with Gasteiger partial charge in [0.2, 0.25) is 0 Å². The first-order valence-electron chi connectivity index (χ1n) is 12.1. The molecule has 0 bridgehead atoms. The molecular weight excluding hydrogens is 411 g/mol. The van der Waals surface area contributed by atoms with E-state index in [2.05, 4.69) is 6.92 Å². The van der Waals surface area contributed by atoms with Crippen LogP contribution >= 0.6 is 0 Å². The average Bonchev–Trinajstić information content (AvgIpc) is 2.65. The van der Waals surface area contributed by atoms with Crippen LogP contribution in [0, 0.1) is 0 Å². The van der Waals surface area contributed by atoms with Crippen LogP contribution in [0.1, 0.15) is 135 Å². The molecule has 1 N–H and O–H groups in total. The summed E-state index contributed by atoms with van der Waals surface area (Å²) >= 11 is 0. The number of rotatable bonds is 22. The normalized spacial score (nSPS) is 12.7. The molecule has 0 aromatic rings. The van der Waals surface area contributed by atoms with Gasteiger partial charge in [0.15, 0.2) is 0 Å². The second kappa shape index (κ2) is 24.2. The summed E-state index contributed by atoms with van der Waals surface area (Å²) in [4.78, 5) is 0. The van der Waals surface area contributed by atoms with Crippen LogP contribution in [0.4, 0.5) is 0 Å². The summed E-state index contributed by atoms with van der Waals surface area (Å²) in [5, 5.41) is 7.82. The van der Waals surface area contributed by atoms with Crippen molar-refractivity contribution in [3.63, 3.8) is 0 Å². The molecular formula is C23H47KO4S. The van der Waals surface area contributed by atoms with Crippen molar-refractivity contribution >= 4 is 10.1 Å². The predicted octanol–water partition coefficient (Wildman–Crippen LogP) is 3.72. The van der Waals surface area contributed by atoms with Gasteiger partial charge in [-0.2, -0.15) is 0 Å². The Balaban J connectivity index is 0. The molecule has 0 heterocycles. The molecule has 0 fully saturated rings. The van der Waals surface area contributed by atoms with E-state index in [1.165, 1.54) is 103 Å². The quantitative estimate of drug-likeness (QED) is 0.152. The van der Waals surface area contributed by atoms with Crippen molar-refractivity contribution in [3.05, 3.63) is 0 Å². The predicted molar refractivity (Wildman–Crippen MR) is 119 cm³/mol. The molecule has 0 amide bonds. The SMILES string of the molecule is CCCCCCCCCCCCCCCCCCCCCC(CO)S(=O)(=O)[O-].[K+]. The fourth-order valence-electron chi connectivity index (χ4n) is 3.78. The Morgan fingerprint density at radius 1 is 0.621 bits per heavy atom. The van der Waals surface area contributed by atoms with Gasteiger partial charge in [0.05, 0.1) is 22.0 Å². The number of aliphatic hydroxyl groups is 1. The summed E-state index contributed by atoms with van der Waals surface area (Å²) in [7, 11) is -4.34. The Hall–Kier alpha value is 1.51. The minimum atomic E-state index is -4.34. The minimum Gasteiger partial charge on any atom is -0.748 e. The van der Waals surface area contributed by atoms with Gasteiger partial charge in [0.1, 0.15) is 0 Å². The second-order valence-corrected chi connectivity index (χ2v) is 10.1. The zero-order valence-corrected chi connectivity index (χ0v) is 23.4. The zero-order chi connectivity index (χ0) is 20.9. The molecule has 0 rings (SSSR count). The van der Waals surface area contributed by atoms with Crippen LogP contribution in [0.5, 0.6) is 0 Å². The van der Waals surface area contributed by atoms with Crippen molar-refractivity contribution in [1.82, 2.24) is 0 Å². The molecule has 0 spiro atoms. The molecule has 1 unspecified atom stereocenters. The molecule has 0 aliphatic heterocycles. The standard InChI is InChI=1S/C23H48O4S.K/c1-2-3-4-5-6-7-8-9-10-11-12-13-14-15-16-17-18-19-20-21-23(22-24)28(25,26)27;/h23-24H,2-22H2,1H3,(H,25,26,27);/q;+1/p-1. The third-order valence-electron chi connectivity index (χ3n) is 5.74. The molecule has 0 saturated carbocycles. The molecule has 0 aliphatic carbocycles. The van der Waals surface area contributed by atoms with E-state index >= 15 is 0 Å². The molecule has 4 nitrogen and oxygen atoms in total. The molecule has 1 atom stereocenters. The largest absolute Gasteiger partial charge is 1.00 e. The van der Waals surface area contributed by atoms with Crippen LogP contribution < -0.4 is 51.4 Å². The molecule has 0 radical (unpaired) electrons. The van der Waals surface area contributed by atoms with Crippen molar-refractivity contribution in [2.75, 3.05) is 6.61 Å². The van der Waals surface area contributed by atoms with Crippen molar-refractivity contribution in [1.29, 1.82) is 0 Å². The fraction of sp³-hybridized carbons (Fsp3) is 1.00. The Kier molecular flexibility index (Phi) is 27.2. The Labute approximate surface area is 224 Å². The monoisotopic (exact) mass is 458 g/mol. The van der Waals surface area contributed by atoms with Crippen molar-refractivity contribution < 1.29 is 69.5 Å². The summed E-state index contributed by atoms with van der Waals surface area (Å²) in [5.74, 6) is 0. The Morgan fingerprint density at radius 3 is 1.14 bits per heavy atom. The Morgan fingerprint density at radius 2 is 0.897 bits per heavy atom. The van der Waals surface area contributed by atoms with Crippen LogP contribution in [0.25, 0.3) is 0 Å². The van der Waals surface area contributed by atoms with Gasteiger partial charge < -0.3 is 9.66 Å². The first-order valence-corrected chi connectivity index (χ1v) is 13.5. The van der Waals surface area contributed by atoms with Gasteiger partial charge in [-0.25, -0.2) is 8.42 Å². The second-order valence-electron chi connectivity index (χ2n) is 8.45. The maximum absolute atomic E-state index is 10.9. The van der Waals surface area contributed by atoms with E-state index in [1.54, 1.807) is 0 Å². The van der Waals surface area contributed by atoms with E-state index in [-0.39, 0.29) is 51.4 Å². The maximum Gasteiger partial charge on any atom is 1.00 e. The van der Waals surface area contributed by atoms with E-state index in [0.717, 1.165) is 12.8 Å². The molecule has 0 saturated heterocycles. The summed E-state index contributed by atoms with van der Waals surface area (Å²) in [5.41, 5.74) is 0. The number of unbranched alkanes of at least 4 members (excludes halogenated alkanes) is 18. The van der Waals surface area contributed by atoms with Crippen molar-refractivity contribution in [2.24, 2.45) is 0 Å². The summed E-state index contributed by atoms with van der Waals surface area (Å²) in [6.07, 6.45) is 24.9. The summed E-state index contributed by atoms with van der Waals surface area (Å²) in [6, 6.07) is 0. The zero-order valence-electron chi connectivity index (χ0n) is 19.5.